The Hall–Kier alpha value is 0.690. The lowest BCUT2D eigenvalue weighted by molar-refractivity contribution is 0.128. The topological polar surface area (TPSA) is 26.3 Å². The molecule has 0 aromatic carbocycles. The van der Waals surface area contributed by atoms with Crippen LogP contribution in [0.25, 0.3) is 0 Å². The minimum atomic E-state index is -1.67. The number of unbranched alkanes of at least 4 members (excludes halogenated alkanes) is 2. The van der Waals surface area contributed by atoms with Gasteiger partial charge < -0.3 is 4.74 Å². The molecule has 0 heterocycles. The van der Waals surface area contributed by atoms with E-state index in [1.54, 1.807) is 0 Å². The fraction of sp³-hybridized carbons (Fsp3) is 1.00. The van der Waals surface area contributed by atoms with E-state index in [0.717, 1.165) is 13.2 Å². The van der Waals surface area contributed by atoms with E-state index in [4.69, 9.17) is 8.95 Å². The first-order valence-corrected chi connectivity index (χ1v) is 7.27. The Morgan fingerprint density at radius 1 is 1.08 bits per heavy atom. The van der Waals surface area contributed by atoms with Gasteiger partial charge in [-0.2, -0.15) is 0 Å². The van der Waals surface area contributed by atoms with Crippen molar-refractivity contribution in [3.05, 3.63) is 0 Å². The third-order valence-electron chi connectivity index (χ3n) is 1.28. The van der Waals surface area contributed by atoms with Gasteiger partial charge in [0, 0.05) is 34.6 Å². The van der Waals surface area contributed by atoms with Crippen LogP contribution >= 0.6 is 21.4 Å². The number of hydrogen-bond acceptors (Lipinski definition) is 2. The van der Waals surface area contributed by atoms with Gasteiger partial charge in [-0.15, -0.1) is 0 Å². The van der Waals surface area contributed by atoms with E-state index in [1.807, 2.05) is 0 Å². The van der Waals surface area contributed by atoms with Crippen LogP contribution < -0.4 is 0 Å². The van der Waals surface area contributed by atoms with Crippen molar-refractivity contribution in [2.24, 2.45) is 0 Å². The third-order valence-corrected chi connectivity index (χ3v) is 1.28. The summed E-state index contributed by atoms with van der Waals surface area (Å²) >= 11 is 0. The minimum Gasteiger partial charge on any atom is -0.381 e. The van der Waals surface area contributed by atoms with E-state index in [2.05, 4.69) is 35.2 Å². The Morgan fingerprint density at radius 3 is 1.62 bits per heavy atom. The Kier molecular flexibility index (Phi) is 18.8. The summed E-state index contributed by atoms with van der Waals surface area (Å²) in [4.78, 5) is 0. The van der Waals surface area contributed by atoms with Gasteiger partial charge in [0.1, 0.15) is 0 Å². The van der Waals surface area contributed by atoms with Crippen LogP contribution in [0.4, 0.5) is 0 Å². The maximum Gasteiger partial charge on any atom is 0.211 e. The molecule has 0 spiro atoms. The van der Waals surface area contributed by atoms with E-state index < -0.39 is 9.23 Å². The molecule has 0 N–H and O–H groups in total. The average molecular weight is 249 g/mol. The highest BCUT2D eigenvalue weighted by Gasteiger charge is 1.84. The SMILES string of the molecule is CCCCOCCCC.O=S(Cl)Cl. The summed E-state index contributed by atoms with van der Waals surface area (Å²) in [6, 6.07) is 0. The van der Waals surface area contributed by atoms with E-state index in [1.165, 1.54) is 25.7 Å². The molecule has 0 atom stereocenters. The van der Waals surface area contributed by atoms with Crippen LogP contribution in [0.2, 0.25) is 0 Å². The molecule has 0 fully saturated rings. The fourth-order valence-electron chi connectivity index (χ4n) is 0.595. The van der Waals surface area contributed by atoms with Crippen molar-refractivity contribution in [2.45, 2.75) is 39.5 Å². The zero-order valence-corrected chi connectivity index (χ0v) is 10.6. The summed E-state index contributed by atoms with van der Waals surface area (Å²) in [6.07, 6.45) is 4.91. The van der Waals surface area contributed by atoms with Gasteiger partial charge in [0.2, 0.25) is 9.23 Å². The second kappa shape index (κ2) is 15.2. The van der Waals surface area contributed by atoms with E-state index >= 15 is 0 Å². The summed E-state index contributed by atoms with van der Waals surface area (Å²) in [6.45, 7) is 6.28. The zero-order chi connectivity index (χ0) is 10.5. The maximum atomic E-state index is 9.09. The first kappa shape index (κ1) is 16.1. The minimum absolute atomic E-state index is 0.955. The summed E-state index contributed by atoms with van der Waals surface area (Å²) in [5, 5.41) is 0. The predicted molar refractivity (Wildman–Crippen MR) is 60.5 cm³/mol. The first-order chi connectivity index (χ1) is 6.15. The van der Waals surface area contributed by atoms with Gasteiger partial charge in [-0.3, -0.25) is 0 Å². The fourth-order valence-corrected chi connectivity index (χ4v) is 0.595. The monoisotopic (exact) mass is 248 g/mol. The Labute approximate surface area is 92.4 Å². The lowest BCUT2D eigenvalue weighted by Crippen LogP contribution is -1.95. The van der Waals surface area contributed by atoms with Crippen molar-refractivity contribution in [2.75, 3.05) is 13.2 Å². The highest BCUT2D eigenvalue weighted by Crippen LogP contribution is 1.91. The van der Waals surface area contributed by atoms with Crippen LogP contribution in [0.5, 0.6) is 0 Å². The van der Waals surface area contributed by atoms with Crippen molar-refractivity contribution < 1.29 is 8.95 Å². The van der Waals surface area contributed by atoms with Crippen molar-refractivity contribution in [1.82, 2.24) is 0 Å². The Balaban J connectivity index is 0. The van der Waals surface area contributed by atoms with Gasteiger partial charge in [-0.25, -0.2) is 4.21 Å². The lowest BCUT2D eigenvalue weighted by Gasteiger charge is -1.99. The average Bonchev–Trinajstić information content (AvgIpc) is 2.03. The molecule has 0 amide bonds. The van der Waals surface area contributed by atoms with Gasteiger partial charge in [-0.1, -0.05) is 26.7 Å². The summed E-state index contributed by atoms with van der Waals surface area (Å²) in [5.74, 6) is 0. The van der Waals surface area contributed by atoms with Crippen molar-refractivity contribution in [3.63, 3.8) is 0 Å². The summed E-state index contributed by atoms with van der Waals surface area (Å²) in [5.41, 5.74) is 0. The molecule has 0 rings (SSSR count). The lowest BCUT2D eigenvalue weighted by atomic mass is 10.3. The second-order valence-electron chi connectivity index (χ2n) is 2.50. The van der Waals surface area contributed by atoms with Crippen molar-refractivity contribution in [3.8, 4) is 0 Å². The van der Waals surface area contributed by atoms with Crippen LogP contribution in [0.15, 0.2) is 0 Å². The van der Waals surface area contributed by atoms with Crippen molar-refractivity contribution >= 4 is 30.6 Å². The number of halogens is 2. The van der Waals surface area contributed by atoms with E-state index in [9.17, 15) is 0 Å². The predicted octanol–water partition coefficient (Wildman–Crippen LogP) is 3.65. The molecule has 0 bridgehead atoms. The molecular weight excluding hydrogens is 231 g/mol. The molecule has 5 heteroatoms. The highest BCUT2D eigenvalue weighted by atomic mass is 36.0. The van der Waals surface area contributed by atoms with Gasteiger partial charge in [0.05, 0.1) is 0 Å². The van der Waals surface area contributed by atoms with Crippen LogP contribution in [0.1, 0.15) is 39.5 Å². The van der Waals surface area contributed by atoms with Crippen LogP contribution in [0.3, 0.4) is 0 Å². The van der Waals surface area contributed by atoms with E-state index in [-0.39, 0.29) is 0 Å². The Bertz CT molecular complexity index is 102. The summed E-state index contributed by atoms with van der Waals surface area (Å²) < 4.78 is 14.4. The molecule has 82 valence electrons. The van der Waals surface area contributed by atoms with Crippen LogP contribution in [-0.2, 0) is 14.0 Å². The van der Waals surface area contributed by atoms with Gasteiger partial charge in [0.25, 0.3) is 0 Å². The quantitative estimate of drug-likeness (QED) is 0.530. The molecule has 0 saturated heterocycles. The number of ether oxygens (including phenoxy) is 1. The molecule has 0 aliphatic rings. The highest BCUT2D eigenvalue weighted by molar-refractivity contribution is 8.26. The zero-order valence-electron chi connectivity index (χ0n) is 8.22. The molecular formula is C8H18Cl2O2S. The molecule has 0 aliphatic heterocycles. The van der Waals surface area contributed by atoms with Crippen LogP contribution in [0, 0.1) is 0 Å². The largest absolute Gasteiger partial charge is 0.381 e. The number of hydrogen-bond donors (Lipinski definition) is 0. The summed E-state index contributed by atoms with van der Waals surface area (Å²) in [7, 11) is 7.36. The Morgan fingerprint density at radius 2 is 1.38 bits per heavy atom. The number of rotatable bonds is 6. The van der Waals surface area contributed by atoms with Gasteiger partial charge in [0.15, 0.2) is 0 Å². The molecule has 0 radical (unpaired) electrons. The standard InChI is InChI=1S/C8H18O.Cl2OS/c1-3-5-7-9-8-6-4-2;1-4(2)3/h3-8H2,1-2H3;. The molecule has 0 saturated carbocycles. The molecule has 2 nitrogen and oxygen atoms in total. The molecule has 13 heavy (non-hydrogen) atoms. The van der Waals surface area contributed by atoms with Gasteiger partial charge >= 0.3 is 0 Å². The molecule has 0 aromatic rings. The van der Waals surface area contributed by atoms with Crippen molar-refractivity contribution in [1.29, 1.82) is 0 Å². The normalized spacial score (nSPS) is 9.62. The maximum absolute atomic E-state index is 9.09. The third kappa shape index (κ3) is 32.4. The van der Waals surface area contributed by atoms with E-state index in [0.29, 0.717) is 0 Å². The molecule has 0 aromatic heterocycles. The van der Waals surface area contributed by atoms with Gasteiger partial charge in [-0.05, 0) is 12.8 Å². The molecule has 0 aliphatic carbocycles. The first-order valence-electron chi connectivity index (χ1n) is 4.47. The van der Waals surface area contributed by atoms with Crippen LogP contribution in [-0.4, -0.2) is 17.4 Å². The second-order valence-corrected chi connectivity index (χ2v) is 5.03. The smallest absolute Gasteiger partial charge is 0.211 e. The molecule has 0 unspecified atom stereocenters.